The van der Waals surface area contributed by atoms with Crippen molar-refractivity contribution in [2.24, 2.45) is 4.99 Å². The van der Waals surface area contributed by atoms with Gasteiger partial charge in [0.15, 0.2) is 0 Å². The van der Waals surface area contributed by atoms with E-state index < -0.39 is 4.92 Å². The summed E-state index contributed by atoms with van der Waals surface area (Å²) in [5.41, 5.74) is 0.932. The molecule has 0 spiro atoms. The Morgan fingerprint density at radius 2 is 1.82 bits per heavy atom. The van der Waals surface area contributed by atoms with Crippen molar-refractivity contribution in [3.05, 3.63) is 46.0 Å². The second kappa shape index (κ2) is 5.39. The number of nitro groups is 1. The predicted molar refractivity (Wildman–Crippen MR) is 70.4 cm³/mol. The van der Waals surface area contributed by atoms with E-state index in [-0.39, 0.29) is 11.2 Å². The first-order chi connectivity index (χ1) is 7.88. The third-order valence-corrected chi connectivity index (χ3v) is 1.94. The molecule has 0 N–H and O–H groups in total. The van der Waals surface area contributed by atoms with Crippen LogP contribution in [0.3, 0.4) is 0 Å². The van der Waals surface area contributed by atoms with Crippen LogP contribution < -0.4 is 0 Å². The Morgan fingerprint density at radius 1 is 1.24 bits per heavy atom. The minimum Gasteiger partial charge on any atom is -0.287 e. The number of nitro benzene ring substituents is 1. The van der Waals surface area contributed by atoms with Crippen LogP contribution in [0.25, 0.3) is 6.08 Å². The molecule has 4 heteroatoms. The molecule has 0 radical (unpaired) electrons. The molecule has 0 unspecified atom stereocenters. The van der Waals surface area contributed by atoms with Gasteiger partial charge in [0.05, 0.1) is 10.5 Å². The number of nitrogens with zero attached hydrogens (tertiary/aromatic N) is 2. The maximum absolute atomic E-state index is 10.4. The molecule has 0 saturated heterocycles. The Bertz CT molecular complexity index is 439. The maximum Gasteiger partial charge on any atom is 0.269 e. The summed E-state index contributed by atoms with van der Waals surface area (Å²) in [4.78, 5) is 14.3. The van der Waals surface area contributed by atoms with E-state index in [1.165, 1.54) is 12.1 Å². The molecule has 0 heterocycles. The second-order valence-corrected chi connectivity index (χ2v) is 4.66. The van der Waals surface area contributed by atoms with Crippen molar-refractivity contribution in [3.8, 4) is 0 Å². The van der Waals surface area contributed by atoms with E-state index in [9.17, 15) is 10.1 Å². The highest BCUT2D eigenvalue weighted by Gasteiger charge is 2.03. The first kappa shape index (κ1) is 13.1. The standard InChI is InChI=1S/C13H16N2O2/c1-13(2,3)14-10-4-5-11-6-8-12(9-7-11)15(16)17/h4-10H,1-3H3/b5-4+,14-10?. The van der Waals surface area contributed by atoms with E-state index in [2.05, 4.69) is 4.99 Å². The molecule has 0 bridgehead atoms. The van der Waals surface area contributed by atoms with E-state index in [0.717, 1.165) is 5.56 Å². The van der Waals surface area contributed by atoms with Crippen molar-refractivity contribution in [2.45, 2.75) is 26.3 Å². The molecule has 1 aromatic rings. The van der Waals surface area contributed by atoms with Crippen LogP contribution in [-0.4, -0.2) is 16.7 Å². The average Bonchev–Trinajstić information content (AvgIpc) is 2.24. The Morgan fingerprint density at radius 3 is 2.29 bits per heavy atom. The van der Waals surface area contributed by atoms with Gasteiger partial charge in [-0.05, 0) is 44.5 Å². The van der Waals surface area contributed by atoms with Gasteiger partial charge in [0.25, 0.3) is 5.69 Å². The van der Waals surface area contributed by atoms with E-state index in [4.69, 9.17) is 0 Å². The Labute approximate surface area is 101 Å². The summed E-state index contributed by atoms with van der Waals surface area (Å²) in [5, 5.41) is 10.4. The summed E-state index contributed by atoms with van der Waals surface area (Å²) >= 11 is 0. The van der Waals surface area contributed by atoms with Crippen molar-refractivity contribution >= 4 is 18.0 Å². The molecule has 0 fully saturated rings. The molecule has 1 rings (SSSR count). The lowest BCUT2D eigenvalue weighted by molar-refractivity contribution is -0.384. The first-order valence-corrected chi connectivity index (χ1v) is 5.35. The zero-order valence-electron chi connectivity index (χ0n) is 10.3. The molecule has 1 aromatic carbocycles. The van der Waals surface area contributed by atoms with Crippen LogP contribution >= 0.6 is 0 Å². The molecule has 0 aliphatic heterocycles. The highest BCUT2D eigenvalue weighted by molar-refractivity contribution is 5.78. The number of aliphatic imine (C=N–C) groups is 1. The van der Waals surface area contributed by atoms with Gasteiger partial charge in [0, 0.05) is 18.3 Å². The lowest BCUT2D eigenvalue weighted by Crippen LogP contribution is -2.08. The largest absolute Gasteiger partial charge is 0.287 e. The highest BCUT2D eigenvalue weighted by atomic mass is 16.6. The molecule has 0 amide bonds. The van der Waals surface area contributed by atoms with Gasteiger partial charge < -0.3 is 0 Å². The van der Waals surface area contributed by atoms with Crippen molar-refractivity contribution in [2.75, 3.05) is 0 Å². The predicted octanol–water partition coefficient (Wildman–Crippen LogP) is 3.48. The fourth-order valence-corrected chi connectivity index (χ4v) is 1.13. The summed E-state index contributed by atoms with van der Waals surface area (Å²) < 4.78 is 0. The molecular weight excluding hydrogens is 216 g/mol. The maximum atomic E-state index is 10.4. The number of rotatable bonds is 3. The molecule has 17 heavy (non-hydrogen) atoms. The summed E-state index contributed by atoms with van der Waals surface area (Å²) in [6.45, 7) is 6.05. The first-order valence-electron chi connectivity index (χ1n) is 5.35. The Kier molecular flexibility index (Phi) is 4.15. The summed E-state index contributed by atoms with van der Waals surface area (Å²) in [5.74, 6) is 0. The fraction of sp³-hybridized carbons (Fsp3) is 0.308. The van der Waals surface area contributed by atoms with E-state index in [1.54, 1.807) is 18.3 Å². The molecular formula is C13H16N2O2. The number of hydrogen-bond donors (Lipinski definition) is 0. The Hall–Kier alpha value is -1.97. The van der Waals surface area contributed by atoms with Crippen molar-refractivity contribution in [1.29, 1.82) is 0 Å². The number of benzene rings is 1. The van der Waals surface area contributed by atoms with E-state index >= 15 is 0 Å². The van der Waals surface area contributed by atoms with Crippen LogP contribution in [0, 0.1) is 10.1 Å². The lowest BCUT2D eigenvalue weighted by atomic mass is 10.1. The molecule has 90 valence electrons. The summed E-state index contributed by atoms with van der Waals surface area (Å²) in [6, 6.07) is 6.39. The van der Waals surface area contributed by atoms with Gasteiger partial charge in [0.2, 0.25) is 0 Å². The van der Waals surface area contributed by atoms with Gasteiger partial charge in [-0.3, -0.25) is 15.1 Å². The smallest absolute Gasteiger partial charge is 0.269 e. The second-order valence-electron chi connectivity index (χ2n) is 4.66. The zero-order chi connectivity index (χ0) is 12.9. The van der Waals surface area contributed by atoms with Crippen LogP contribution in [0.15, 0.2) is 35.3 Å². The van der Waals surface area contributed by atoms with Gasteiger partial charge in [-0.15, -0.1) is 0 Å². The van der Waals surface area contributed by atoms with E-state index in [0.29, 0.717) is 0 Å². The monoisotopic (exact) mass is 232 g/mol. The average molecular weight is 232 g/mol. The fourth-order valence-electron chi connectivity index (χ4n) is 1.13. The minimum atomic E-state index is -0.408. The van der Waals surface area contributed by atoms with Gasteiger partial charge in [-0.1, -0.05) is 6.08 Å². The van der Waals surface area contributed by atoms with Crippen LogP contribution in [0.2, 0.25) is 0 Å². The minimum absolute atomic E-state index is 0.0835. The van der Waals surface area contributed by atoms with Crippen LogP contribution in [0.5, 0.6) is 0 Å². The number of non-ortho nitro benzene ring substituents is 1. The van der Waals surface area contributed by atoms with Crippen molar-refractivity contribution in [3.63, 3.8) is 0 Å². The topological polar surface area (TPSA) is 55.5 Å². The van der Waals surface area contributed by atoms with Gasteiger partial charge >= 0.3 is 0 Å². The van der Waals surface area contributed by atoms with Gasteiger partial charge in [0.1, 0.15) is 0 Å². The van der Waals surface area contributed by atoms with Crippen LogP contribution in [0.1, 0.15) is 26.3 Å². The highest BCUT2D eigenvalue weighted by Crippen LogP contribution is 2.12. The normalized spacial score (nSPS) is 12.4. The quantitative estimate of drug-likeness (QED) is 0.455. The molecule has 0 aromatic heterocycles. The summed E-state index contributed by atoms with van der Waals surface area (Å²) in [7, 11) is 0. The number of hydrogen-bond acceptors (Lipinski definition) is 3. The van der Waals surface area contributed by atoms with E-state index in [1.807, 2.05) is 32.9 Å². The lowest BCUT2D eigenvalue weighted by Gasteiger charge is -2.09. The molecule has 0 aliphatic rings. The van der Waals surface area contributed by atoms with Crippen LogP contribution in [0.4, 0.5) is 5.69 Å². The SMILES string of the molecule is CC(C)(C)N=C/C=C/c1ccc([N+](=O)[O-])cc1. The third-order valence-electron chi connectivity index (χ3n) is 1.94. The van der Waals surface area contributed by atoms with Gasteiger partial charge in [-0.2, -0.15) is 0 Å². The van der Waals surface area contributed by atoms with Crippen LogP contribution in [-0.2, 0) is 0 Å². The van der Waals surface area contributed by atoms with Gasteiger partial charge in [-0.25, -0.2) is 0 Å². The third kappa shape index (κ3) is 5.06. The number of allylic oxidation sites excluding steroid dienone is 1. The van der Waals surface area contributed by atoms with Crippen molar-refractivity contribution in [1.82, 2.24) is 0 Å². The molecule has 0 atom stereocenters. The Balaban J connectivity index is 2.67. The summed E-state index contributed by atoms with van der Waals surface area (Å²) in [6.07, 6.45) is 5.42. The molecule has 4 nitrogen and oxygen atoms in total. The molecule has 0 saturated carbocycles. The molecule has 0 aliphatic carbocycles. The zero-order valence-corrected chi connectivity index (χ0v) is 10.3. The van der Waals surface area contributed by atoms with Crippen molar-refractivity contribution < 1.29 is 4.92 Å².